The molecule has 0 saturated carbocycles. The minimum Gasteiger partial charge on any atom is -0.369 e. The average molecular weight is 809 g/mol. The molecule has 0 bridgehead atoms. The van der Waals surface area contributed by atoms with Crippen molar-refractivity contribution in [1.82, 2.24) is 40.2 Å². The zero-order chi connectivity index (χ0) is 40.7. The van der Waals surface area contributed by atoms with Crippen LogP contribution in [0, 0.1) is 0 Å². The number of aromatic nitrogens is 2. The lowest BCUT2D eigenvalue weighted by molar-refractivity contribution is 0.125. The highest BCUT2D eigenvalue weighted by molar-refractivity contribution is 5.62. The van der Waals surface area contributed by atoms with Gasteiger partial charge in [-0.1, -0.05) is 30.3 Å². The number of anilines is 2. The molecule has 0 spiro atoms. The molecule has 2 aromatic heterocycles. The number of fused-ring (bicyclic) bond motifs is 4. The number of benzene rings is 2. The van der Waals surface area contributed by atoms with Crippen molar-refractivity contribution in [2.24, 2.45) is 0 Å². The minimum absolute atomic E-state index is 0.316. The second-order valence-electron chi connectivity index (χ2n) is 19.1. The molecule has 0 amide bonds. The molecule has 2 fully saturated rings. The minimum atomic E-state index is 0.316. The van der Waals surface area contributed by atoms with Gasteiger partial charge < -0.3 is 20.4 Å². The summed E-state index contributed by atoms with van der Waals surface area (Å²) in [5.41, 5.74) is 16.1. The maximum absolute atomic E-state index is 5.22. The molecule has 6 heterocycles. The summed E-state index contributed by atoms with van der Waals surface area (Å²) in [4.78, 5) is 25.9. The zero-order valence-electron chi connectivity index (χ0n) is 36.8. The first kappa shape index (κ1) is 40.2. The predicted octanol–water partition coefficient (Wildman–Crippen LogP) is 5.62. The van der Waals surface area contributed by atoms with Crippen LogP contribution in [0.2, 0.25) is 0 Å². The molecule has 10 rings (SSSR count). The Hall–Kier alpha value is -3.90. The van der Waals surface area contributed by atoms with E-state index in [0.717, 1.165) is 111 Å². The highest BCUT2D eigenvalue weighted by Crippen LogP contribution is 2.45. The van der Waals surface area contributed by atoms with Gasteiger partial charge in [-0.15, -0.1) is 0 Å². The van der Waals surface area contributed by atoms with E-state index in [4.69, 9.17) is 9.97 Å². The van der Waals surface area contributed by atoms with Crippen LogP contribution in [0.3, 0.4) is 0 Å². The van der Waals surface area contributed by atoms with Gasteiger partial charge in [0.05, 0.1) is 23.5 Å². The summed E-state index contributed by atoms with van der Waals surface area (Å²) >= 11 is 0. The van der Waals surface area contributed by atoms with Crippen LogP contribution in [0.25, 0.3) is 0 Å². The molecular formula is C50H68N10. The van der Waals surface area contributed by atoms with Gasteiger partial charge in [0.15, 0.2) is 0 Å². The van der Waals surface area contributed by atoms with Crippen LogP contribution in [0.5, 0.6) is 0 Å². The number of pyridine rings is 2. The fourth-order valence-electron chi connectivity index (χ4n) is 12.0. The van der Waals surface area contributed by atoms with Gasteiger partial charge in [-0.25, -0.2) is 0 Å². The summed E-state index contributed by atoms with van der Waals surface area (Å²) in [6, 6.07) is 22.9. The number of hydrogen-bond donors (Lipinski definition) is 2. The Morgan fingerprint density at radius 1 is 0.633 bits per heavy atom. The molecule has 4 aliphatic heterocycles. The van der Waals surface area contributed by atoms with Crippen LogP contribution in [-0.4, -0.2) is 135 Å². The third kappa shape index (κ3) is 7.88. The van der Waals surface area contributed by atoms with Crippen LogP contribution in [0.4, 0.5) is 11.4 Å². The molecule has 2 aromatic carbocycles. The molecule has 2 saturated heterocycles. The molecular weight excluding hydrogens is 741 g/mol. The molecule has 0 radical (unpaired) electrons. The van der Waals surface area contributed by atoms with Crippen molar-refractivity contribution < 1.29 is 0 Å². The second-order valence-corrected chi connectivity index (χ2v) is 19.1. The summed E-state index contributed by atoms with van der Waals surface area (Å²) < 4.78 is 0. The van der Waals surface area contributed by atoms with Crippen molar-refractivity contribution in [2.75, 3.05) is 103 Å². The van der Waals surface area contributed by atoms with Crippen molar-refractivity contribution in [3.8, 4) is 0 Å². The SMILES string of the molecule is CN1Cc2cc(C3CC[C@H](N(C)C[C@@H]4Cc5c(cccc5N5CCNCC5)CN4C)c4ncccc43)cc(N3CCNCC3)c2C[C@@H]1CN(C)[C@H]1CCCc2cccnc21. The van der Waals surface area contributed by atoms with Crippen molar-refractivity contribution in [3.05, 3.63) is 117 Å². The van der Waals surface area contributed by atoms with Crippen molar-refractivity contribution in [1.29, 1.82) is 0 Å². The van der Waals surface area contributed by atoms with E-state index in [1.165, 1.54) is 63.4 Å². The van der Waals surface area contributed by atoms with E-state index in [0.29, 0.717) is 30.1 Å². The monoisotopic (exact) mass is 809 g/mol. The lowest BCUT2D eigenvalue weighted by Gasteiger charge is -2.43. The first-order valence-electron chi connectivity index (χ1n) is 23.3. The lowest BCUT2D eigenvalue weighted by atomic mass is 9.77. The van der Waals surface area contributed by atoms with E-state index in [2.05, 4.69) is 123 Å². The van der Waals surface area contributed by atoms with Gasteiger partial charge in [0.2, 0.25) is 0 Å². The summed E-state index contributed by atoms with van der Waals surface area (Å²) in [6.07, 6.45) is 12.1. The molecule has 2 N–H and O–H groups in total. The second kappa shape index (κ2) is 17.5. The van der Waals surface area contributed by atoms with E-state index in [1.807, 2.05) is 12.4 Å². The van der Waals surface area contributed by atoms with Gasteiger partial charge in [-0.2, -0.15) is 0 Å². The maximum Gasteiger partial charge on any atom is 0.0613 e. The summed E-state index contributed by atoms with van der Waals surface area (Å²) in [5.74, 6) is 0.351. The number of hydrogen-bond acceptors (Lipinski definition) is 10. The maximum atomic E-state index is 5.22. The normalized spacial score (nSPS) is 26.1. The molecule has 10 heteroatoms. The third-order valence-corrected chi connectivity index (χ3v) is 15.4. The van der Waals surface area contributed by atoms with Crippen LogP contribution in [-0.2, 0) is 32.4 Å². The lowest BCUT2D eigenvalue weighted by Crippen LogP contribution is -2.48. The number of aryl methyl sites for hydroxylation is 1. The van der Waals surface area contributed by atoms with Crippen molar-refractivity contribution in [2.45, 2.75) is 88.1 Å². The van der Waals surface area contributed by atoms with Crippen molar-refractivity contribution in [3.63, 3.8) is 0 Å². The summed E-state index contributed by atoms with van der Waals surface area (Å²) in [6.45, 7) is 12.6. The summed E-state index contributed by atoms with van der Waals surface area (Å²) in [5, 5.41) is 7.17. The van der Waals surface area contributed by atoms with E-state index in [1.54, 1.807) is 11.1 Å². The van der Waals surface area contributed by atoms with Gasteiger partial charge in [0, 0.05) is 120 Å². The third-order valence-electron chi connectivity index (χ3n) is 15.4. The Balaban J connectivity index is 0.895. The first-order chi connectivity index (χ1) is 29.4. The molecule has 2 aliphatic carbocycles. The Kier molecular flexibility index (Phi) is 11.7. The first-order valence-corrected chi connectivity index (χ1v) is 23.3. The molecule has 5 atom stereocenters. The summed E-state index contributed by atoms with van der Waals surface area (Å²) in [7, 11) is 9.40. The van der Waals surface area contributed by atoms with Crippen LogP contribution < -0.4 is 20.4 Å². The highest BCUT2D eigenvalue weighted by Gasteiger charge is 2.37. The predicted molar refractivity (Wildman–Crippen MR) is 244 cm³/mol. The van der Waals surface area contributed by atoms with Gasteiger partial charge in [-0.3, -0.25) is 29.6 Å². The fraction of sp³-hybridized carbons (Fsp3) is 0.560. The van der Waals surface area contributed by atoms with Crippen molar-refractivity contribution >= 4 is 11.4 Å². The Bertz CT molecular complexity index is 2130. The quantitative estimate of drug-likeness (QED) is 0.223. The van der Waals surface area contributed by atoms with Crippen LogP contribution in [0.1, 0.15) is 94.0 Å². The van der Waals surface area contributed by atoms with Gasteiger partial charge in [0.1, 0.15) is 0 Å². The van der Waals surface area contributed by atoms with Gasteiger partial charge in [0.25, 0.3) is 0 Å². The largest absolute Gasteiger partial charge is 0.369 e. The molecule has 10 nitrogen and oxygen atoms in total. The van der Waals surface area contributed by atoms with Gasteiger partial charge >= 0.3 is 0 Å². The van der Waals surface area contributed by atoms with Crippen LogP contribution >= 0.6 is 0 Å². The Labute approximate surface area is 359 Å². The number of nitrogens with zero attached hydrogens (tertiary/aromatic N) is 8. The molecule has 60 heavy (non-hydrogen) atoms. The van der Waals surface area contributed by atoms with Gasteiger partial charge in [-0.05, 0) is 136 Å². The van der Waals surface area contributed by atoms with E-state index in [9.17, 15) is 0 Å². The Morgan fingerprint density at radius 3 is 1.95 bits per heavy atom. The van der Waals surface area contributed by atoms with Crippen LogP contribution in [0.15, 0.2) is 67.0 Å². The average Bonchev–Trinajstić information content (AvgIpc) is 3.29. The highest BCUT2D eigenvalue weighted by atomic mass is 15.2. The van der Waals surface area contributed by atoms with E-state index >= 15 is 0 Å². The number of piperazine rings is 2. The molecule has 318 valence electrons. The number of nitrogens with one attached hydrogen (secondary N) is 2. The zero-order valence-corrected chi connectivity index (χ0v) is 36.8. The smallest absolute Gasteiger partial charge is 0.0613 e. The molecule has 1 unspecified atom stereocenters. The number of likely N-dealkylation sites (N-methyl/N-ethyl adjacent to an activating group) is 4. The topological polar surface area (TPSA) is 69.3 Å². The Morgan fingerprint density at radius 2 is 1.23 bits per heavy atom. The molecule has 4 aromatic rings. The number of rotatable bonds is 9. The van der Waals surface area contributed by atoms with E-state index in [-0.39, 0.29) is 0 Å². The van der Waals surface area contributed by atoms with E-state index < -0.39 is 0 Å². The molecule has 6 aliphatic rings. The standard InChI is InChI=1S/C50H68N10/c1-55-31-36-10-6-13-45(59-23-19-51-20-24-59)43(36)29-39(55)34-58(4)47-16-15-41(42-12-8-18-54-50(42)47)37-27-38-32-56(2)40(30-44(38)48(28-37)60-25-21-52-22-26-60)33-57(3)46-14-5-9-35-11-7-17-53-49(35)46/h6-8,10-13,17-18,27-28,39-41,46-47,51-52H,5,9,14-16,19-26,29-34H2,1-4H3/t39-,40+,41?,46-,47-/m0/s1. The fourth-order valence-corrected chi connectivity index (χ4v) is 12.0.